The molecule has 19 heavy (non-hydrogen) atoms. The van der Waals surface area contributed by atoms with E-state index in [1.54, 1.807) is 0 Å². The summed E-state index contributed by atoms with van der Waals surface area (Å²) in [6, 6.07) is 1.83. The molecule has 0 fully saturated rings. The molecule has 104 valence electrons. The van der Waals surface area contributed by atoms with Gasteiger partial charge >= 0.3 is 5.97 Å². The molecule has 0 saturated heterocycles. The van der Waals surface area contributed by atoms with E-state index in [4.69, 9.17) is 9.84 Å². The molecule has 1 aromatic rings. The summed E-state index contributed by atoms with van der Waals surface area (Å²) in [5.41, 5.74) is 1.99. The molecule has 1 aliphatic heterocycles. The summed E-state index contributed by atoms with van der Waals surface area (Å²) in [7, 11) is 0. The lowest BCUT2D eigenvalue weighted by Gasteiger charge is -2.40. The summed E-state index contributed by atoms with van der Waals surface area (Å²) in [6.07, 6.45) is 0.689. The van der Waals surface area contributed by atoms with E-state index in [1.807, 2.05) is 33.8 Å². The van der Waals surface area contributed by atoms with Crippen molar-refractivity contribution in [3.63, 3.8) is 0 Å². The number of aryl methyl sites for hydroxylation is 1. The van der Waals surface area contributed by atoms with Gasteiger partial charge in [-0.05, 0) is 51.3 Å². The minimum atomic E-state index is -0.820. The van der Waals surface area contributed by atoms with Crippen LogP contribution in [0.25, 0.3) is 0 Å². The maximum absolute atomic E-state index is 11.0. The van der Waals surface area contributed by atoms with Gasteiger partial charge in [0.15, 0.2) is 0 Å². The van der Waals surface area contributed by atoms with Gasteiger partial charge in [-0.25, -0.2) is 0 Å². The zero-order chi connectivity index (χ0) is 14.4. The Morgan fingerprint density at radius 1 is 1.47 bits per heavy atom. The van der Waals surface area contributed by atoms with Gasteiger partial charge in [-0.3, -0.25) is 4.79 Å². The highest BCUT2D eigenvalue weighted by atomic mass is 16.5. The first-order chi connectivity index (χ1) is 8.72. The Balaban J connectivity index is 2.46. The third kappa shape index (κ3) is 2.39. The van der Waals surface area contributed by atoms with Gasteiger partial charge in [0.25, 0.3) is 0 Å². The number of aliphatic carboxylic acids is 1. The summed E-state index contributed by atoms with van der Waals surface area (Å²) in [4.78, 5) is 11.0. The highest BCUT2D eigenvalue weighted by molar-refractivity contribution is 5.67. The Kier molecular flexibility index (Phi) is 3.20. The number of carboxylic acid groups (broad SMARTS) is 1. The van der Waals surface area contributed by atoms with Crippen molar-refractivity contribution in [3.05, 3.63) is 22.8 Å². The molecule has 0 bridgehead atoms. The highest BCUT2D eigenvalue weighted by Crippen LogP contribution is 2.43. The fraction of sp³-hybridized carbons (Fsp3) is 0.533. The minimum Gasteiger partial charge on any atom is -0.507 e. The van der Waals surface area contributed by atoms with Crippen LogP contribution in [0.15, 0.2) is 6.07 Å². The fourth-order valence-electron chi connectivity index (χ4n) is 2.71. The van der Waals surface area contributed by atoms with Crippen LogP contribution in [-0.2, 0) is 11.2 Å². The zero-order valence-corrected chi connectivity index (χ0v) is 11.8. The quantitative estimate of drug-likeness (QED) is 0.862. The predicted octanol–water partition coefficient (Wildman–Crippen LogP) is 2.81. The molecule has 1 aliphatic rings. The van der Waals surface area contributed by atoms with Gasteiger partial charge in [0, 0.05) is 11.5 Å². The number of hydrogen-bond acceptors (Lipinski definition) is 3. The topological polar surface area (TPSA) is 66.8 Å². The van der Waals surface area contributed by atoms with Gasteiger partial charge < -0.3 is 14.9 Å². The van der Waals surface area contributed by atoms with Crippen molar-refractivity contribution >= 4 is 5.97 Å². The lowest BCUT2D eigenvalue weighted by atomic mass is 9.79. The third-order valence-electron chi connectivity index (χ3n) is 4.05. The predicted molar refractivity (Wildman–Crippen MR) is 71.7 cm³/mol. The fourth-order valence-corrected chi connectivity index (χ4v) is 2.71. The third-order valence-corrected chi connectivity index (χ3v) is 4.05. The minimum absolute atomic E-state index is 0.0700. The van der Waals surface area contributed by atoms with Crippen LogP contribution in [0.5, 0.6) is 11.5 Å². The molecular formula is C15H20O4. The second-order valence-corrected chi connectivity index (χ2v) is 5.85. The summed E-state index contributed by atoms with van der Waals surface area (Å²) in [5, 5.41) is 19.0. The second kappa shape index (κ2) is 4.44. The lowest BCUT2D eigenvalue weighted by molar-refractivity contribution is -0.140. The number of phenols is 1. The summed E-state index contributed by atoms with van der Waals surface area (Å²) >= 11 is 0. The molecule has 2 rings (SSSR count). The van der Waals surface area contributed by atoms with Crippen molar-refractivity contribution in [3.8, 4) is 11.5 Å². The largest absolute Gasteiger partial charge is 0.507 e. The molecule has 0 radical (unpaired) electrons. The maximum atomic E-state index is 11.0. The van der Waals surface area contributed by atoms with E-state index in [9.17, 15) is 9.90 Å². The molecule has 0 aromatic heterocycles. The van der Waals surface area contributed by atoms with Crippen molar-refractivity contribution in [2.75, 3.05) is 0 Å². The van der Waals surface area contributed by atoms with Crippen LogP contribution >= 0.6 is 0 Å². The molecular weight excluding hydrogens is 244 g/mol. The number of ether oxygens (including phenoxy) is 1. The van der Waals surface area contributed by atoms with Crippen LogP contribution in [0, 0.1) is 19.8 Å². The summed E-state index contributed by atoms with van der Waals surface area (Å²) in [6.45, 7) is 7.52. The van der Waals surface area contributed by atoms with E-state index in [1.165, 1.54) is 0 Å². The second-order valence-electron chi connectivity index (χ2n) is 5.85. The smallest absolute Gasteiger partial charge is 0.303 e. The van der Waals surface area contributed by atoms with Crippen LogP contribution in [0.1, 0.15) is 37.0 Å². The molecule has 2 N–H and O–H groups in total. The van der Waals surface area contributed by atoms with E-state index >= 15 is 0 Å². The number of benzene rings is 1. The number of rotatable bonds is 2. The molecule has 0 saturated carbocycles. The van der Waals surface area contributed by atoms with Gasteiger partial charge in [0.2, 0.25) is 0 Å². The first kappa shape index (κ1) is 13.7. The molecule has 0 amide bonds. The number of carbonyl (C=O) groups is 1. The lowest BCUT2D eigenvalue weighted by Crippen LogP contribution is -2.43. The number of carboxylic acids is 1. The van der Waals surface area contributed by atoms with Crippen LogP contribution in [-0.4, -0.2) is 21.8 Å². The average Bonchev–Trinajstić information content (AvgIpc) is 2.27. The molecule has 4 heteroatoms. The SMILES string of the molecule is Cc1cc2c(c(C)c1O)CC(CC(=O)O)C(C)(C)O2. The standard InChI is InChI=1S/C15H20O4/c1-8-5-12-11(9(2)14(8)18)6-10(7-13(16)17)15(3,4)19-12/h5,10,18H,6-7H2,1-4H3,(H,16,17). The Morgan fingerprint density at radius 2 is 2.11 bits per heavy atom. The van der Waals surface area contributed by atoms with Crippen LogP contribution in [0.4, 0.5) is 0 Å². The van der Waals surface area contributed by atoms with E-state index < -0.39 is 11.6 Å². The number of fused-ring (bicyclic) bond motifs is 1. The van der Waals surface area contributed by atoms with Gasteiger partial charge in [0.1, 0.15) is 17.1 Å². The Morgan fingerprint density at radius 3 is 2.68 bits per heavy atom. The molecule has 1 aromatic carbocycles. The zero-order valence-electron chi connectivity index (χ0n) is 11.8. The van der Waals surface area contributed by atoms with Crippen LogP contribution < -0.4 is 4.74 Å². The van der Waals surface area contributed by atoms with E-state index in [-0.39, 0.29) is 18.1 Å². The Hall–Kier alpha value is -1.71. The Bertz CT molecular complexity index is 531. The number of hydrogen-bond donors (Lipinski definition) is 2. The molecule has 0 aliphatic carbocycles. The van der Waals surface area contributed by atoms with Crippen molar-refractivity contribution < 1.29 is 19.7 Å². The normalized spacial score (nSPS) is 20.5. The van der Waals surface area contributed by atoms with Gasteiger partial charge in [-0.2, -0.15) is 0 Å². The van der Waals surface area contributed by atoms with Gasteiger partial charge in [0.05, 0.1) is 6.42 Å². The van der Waals surface area contributed by atoms with Crippen molar-refractivity contribution in [2.45, 2.75) is 46.1 Å². The highest BCUT2D eigenvalue weighted by Gasteiger charge is 2.39. The van der Waals surface area contributed by atoms with Crippen molar-refractivity contribution in [1.29, 1.82) is 0 Å². The summed E-state index contributed by atoms with van der Waals surface area (Å²) in [5.74, 6) is 0.119. The van der Waals surface area contributed by atoms with E-state index in [0.717, 1.165) is 22.4 Å². The molecule has 4 nitrogen and oxygen atoms in total. The first-order valence-electron chi connectivity index (χ1n) is 6.45. The van der Waals surface area contributed by atoms with E-state index in [0.29, 0.717) is 6.42 Å². The monoisotopic (exact) mass is 264 g/mol. The first-order valence-corrected chi connectivity index (χ1v) is 6.45. The molecule has 1 atom stereocenters. The molecule has 0 spiro atoms. The summed E-state index contributed by atoms with van der Waals surface area (Å²) < 4.78 is 5.98. The van der Waals surface area contributed by atoms with Crippen molar-refractivity contribution in [2.24, 2.45) is 5.92 Å². The van der Waals surface area contributed by atoms with Crippen molar-refractivity contribution in [1.82, 2.24) is 0 Å². The van der Waals surface area contributed by atoms with Crippen LogP contribution in [0.3, 0.4) is 0 Å². The molecule has 1 heterocycles. The Labute approximate surface area is 113 Å². The number of aromatic hydroxyl groups is 1. The molecule has 1 unspecified atom stereocenters. The van der Waals surface area contributed by atoms with Gasteiger partial charge in [-0.15, -0.1) is 0 Å². The number of phenolic OH excluding ortho intramolecular Hbond substituents is 1. The van der Waals surface area contributed by atoms with E-state index in [2.05, 4.69) is 0 Å². The maximum Gasteiger partial charge on any atom is 0.303 e. The van der Waals surface area contributed by atoms with Crippen LogP contribution in [0.2, 0.25) is 0 Å². The van der Waals surface area contributed by atoms with Gasteiger partial charge in [-0.1, -0.05) is 0 Å². The average molecular weight is 264 g/mol.